The van der Waals surface area contributed by atoms with Crippen LogP contribution in [0.4, 0.5) is 0 Å². The van der Waals surface area contributed by atoms with Crippen molar-refractivity contribution in [1.82, 2.24) is 9.97 Å². The lowest BCUT2D eigenvalue weighted by atomic mass is 10.1. The van der Waals surface area contributed by atoms with Gasteiger partial charge in [0.2, 0.25) is 5.88 Å². The highest BCUT2D eigenvalue weighted by Gasteiger charge is 2.13. The van der Waals surface area contributed by atoms with Gasteiger partial charge in [0.15, 0.2) is 0 Å². The first-order chi connectivity index (χ1) is 8.74. The van der Waals surface area contributed by atoms with E-state index >= 15 is 0 Å². The molecule has 0 radical (unpaired) electrons. The molecule has 4 nitrogen and oxygen atoms in total. The molecule has 1 aromatic heterocycles. The molecule has 1 aliphatic carbocycles. The van der Waals surface area contributed by atoms with Crippen LogP contribution >= 0.6 is 22.6 Å². The van der Waals surface area contributed by atoms with E-state index in [-0.39, 0.29) is 5.56 Å². The molecule has 1 heterocycles. The smallest absolute Gasteiger partial charge is 0.268 e. The van der Waals surface area contributed by atoms with Crippen LogP contribution in [0, 0.1) is 3.57 Å². The second kappa shape index (κ2) is 4.72. The Labute approximate surface area is 118 Å². The monoisotopic (exact) mass is 354 g/mol. The average Bonchev–Trinajstić information content (AvgIpc) is 2.82. The van der Waals surface area contributed by atoms with E-state index in [4.69, 9.17) is 4.74 Å². The normalized spacial score (nSPS) is 13.4. The molecule has 0 bridgehead atoms. The summed E-state index contributed by atoms with van der Waals surface area (Å²) in [5.41, 5.74) is 2.56. The van der Waals surface area contributed by atoms with Crippen molar-refractivity contribution < 1.29 is 4.74 Å². The lowest BCUT2D eigenvalue weighted by Crippen LogP contribution is -2.11. The van der Waals surface area contributed by atoms with Crippen molar-refractivity contribution in [3.63, 3.8) is 0 Å². The molecule has 1 aliphatic rings. The highest BCUT2D eigenvalue weighted by molar-refractivity contribution is 14.1. The number of nitrogens with zero attached hydrogens (tertiary/aromatic N) is 1. The van der Waals surface area contributed by atoms with Crippen LogP contribution in [0.5, 0.6) is 11.6 Å². The lowest BCUT2D eigenvalue weighted by Gasteiger charge is -2.07. The molecule has 0 amide bonds. The maximum Gasteiger partial charge on any atom is 0.268 e. The van der Waals surface area contributed by atoms with E-state index in [1.165, 1.54) is 23.9 Å². The first-order valence-electron chi connectivity index (χ1n) is 5.77. The number of aromatic amines is 1. The SMILES string of the molecule is O=c1[nH]cnc(Oc2ccc3c(c2)CCC3)c1I. The second-order valence-corrected chi connectivity index (χ2v) is 5.32. The standard InChI is InChI=1S/C13H11IN2O2/c14-11-12(17)15-7-16-13(11)18-10-5-4-8-2-1-3-9(8)6-10/h4-7H,1-3H2,(H,15,16,17). The third kappa shape index (κ3) is 2.14. The molecule has 0 fully saturated rings. The van der Waals surface area contributed by atoms with Gasteiger partial charge in [-0.1, -0.05) is 6.07 Å². The van der Waals surface area contributed by atoms with Gasteiger partial charge in [-0.05, 0) is 65.1 Å². The maximum atomic E-state index is 11.4. The van der Waals surface area contributed by atoms with Gasteiger partial charge in [-0.15, -0.1) is 0 Å². The van der Waals surface area contributed by atoms with Crippen LogP contribution in [-0.4, -0.2) is 9.97 Å². The van der Waals surface area contributed by atoms with E-state index in [0.717, 1.165) is 18.6 Å². The Bertz CT molecular complexity index is 652. The first-order valence-corrected chi connectivity index (χ1v) is 6.85. The molecule has 5 heteroatoms. The van der Waals surface area contributed by atoms with Gasteiger partial charge in [0.1, 0.15) is 9.32 Å². The van der Waals surface area contributed by atoms with Crippen LogP contribution < -0.4 is 10.3 Å². The molecule has 0 saturated carbocycles. The number of hydrogen-bond acceptors (Lipinski definition) is 3. The van der Waals surface area contributed by atoms with E-state index in [1.807, 2.05) is 34.7 Å². The summed E-state index contributed by atoms with van der Waals surface area (Å²) in [6.45, 7) is 0. The van der Waals surface area contributed by atoms with E-state index in [2.05, 4.69) is 16.0 Å². The minimum atomic E-state index is -0.179. The molecule has 3 rings (SSSR count). The summed E-state index contributed by atoms with van der Waals surface area (Å²) in [4.78, 5) is 18.0. The Kier molecular flexibility index (Phi) is 3.07. The molecule has 18 heavy (non-hydrogen) atoms. The molecule has 0 atom stereocenters. The zero-order valence-electron chi connectivity index (χ0n) is 9.57. The van der Waals surface area contributed by atoms with Crippen molar-refractivity contribution in [2.24, 2.45) is 0 Å². The van der Waals surface area contributed by atoms with E-state index in [0.29, 0.717) is 9.45 Å². The molecule has 1 N–H and O–H groups in total. The van der Waals surface area contributed by atoms with Crippen LogP contribution in [0.25, 0.3) is 0 Å². The number of aromatic nitrogens is 2. The van der Waals surface area contributed by atoms with Crippen LogP contribution in [-0.2, 0) is 12.8 Å². The van der Waals surface area contributed by atoms with E-state index < -0.39 is 0 Å². The van der Waals surface area contributed by atoms with Crippen molar-refractivity contribution in [3.05, 3.63) is 49.6 Å². The second-order valence-electron chi connectivity index (χ2n) is 4.24. The predicted octanol–water partition coefficient (Wildman–Crippen LogP) is 2.66. The van der Waals surface area contributed by atoms with Crippen molar-refractivity contribution >= 4 is 22.6 Å². The highest BCUT2D eigenvalue weighted by Crippen LogP contribution is 2.28. The number of benzene rings is 1. The van der Waals surface area contributed by atoms with E-state index in [9.17, 15) is 4.79 Å². The molecule has 1 aromatic carbocycles. The molecule has 0 aliphatic heterocycles. The number of aryl methyl sites for hydroxylation is 2. The Morgan fingerprint density at radius 1 is 1.28 bits per heavy atom. The predicted molar refractivity (Wildman–Crippen MR) is 76.1 cm³/mol. The van der Waals surface area contributed by atoms with Crippen molar-refractivity contribution in [1.29, 1.82) is 0 Å². The Morgan fingerprint density at radius 3 is 3.00 bits per heavy atom. The van der Waals surface area contributed by atoms with Gasteiger partial charge in [-0.3, -0.25) is 4.79 Å². The van der Waals surface area contributed by atoms with Gasteiger partial charge in [0, 0.05) is 0 Å². The maximum absolute atomic E-state index is 11.4. The highest BCUT2D eigenvalue weighted by atomic mass is 127. The van der Waals surface area contributed by atoms with Crippen molar-refractivity contribution in [2.45, 2.75) is 19.3 Å². The van der Waals surface area contributed by atoms with Crippen LogP contribution in [0.2, 0.25) is 0 Å². The number of halogens is 1. The molecule has 0 unspecified atom stereocenters. The van der Waals surface area contributed by atoms with E-state index in [1.54, 1.807) is 0 Å². The third-order valence-corrected chi connectivity index (χ3v) is 4.00. The van der Waals surface area contributed by atoms with Gasteiger partial charge in [-0.25, -0.2) is 4.98 Å². The number of ether oxygens (including phenoxy) is 1. The lowest BCUT2D eigenvalue weighted by molar-refractivity contribution is 0.456. The summed E-state index contributed by atoms with van der Waals surface area (Å²) in [6.07, 6.45) is 4.82. The summed E-state index contributed by atoms with van der Waals surface area (Å²) >= 11 is 1.94. The average molecular weight is 354 g/mol. The van der Waals surface area contributed by atoms with Crippen LogP contribution in [0.3, 0.4) is 0 Å². The fourth-order valence-corrected chi connectivity index (χ4v) is 2.57. The third-order valence-electron chi connectivity index (χ3n) is 3.05. The molecular weight excluding hydrogens is 343 g/mol. The van der Waals surface area contributed by atoms with Crippen molar-refractivity contribution in [2.75, 3.05) is 0 Å². The number of rotatable bonds is 2. The fourth-order valence-electron chi connectivity index (χ4n) is 2.16. The molecule has 0 saturated heterocycles. The minimum Gasteiger partial charge on any atom is -0.438 e. The topological polar surface area (TPSA) is 55.0 Å². The van der Waals surface area contributed by atoms with Gasteiger partial charge in [-0.2, -0.15) is 0 Å². The minimum absolute atomic E-state index is 0.179. The van der Waals surface area contributed by atoms with Gasteiger partial charge >= 0.3 is 0 Å². The molecule has 0 spiro atoms. The first kappa shape index (κ1) is 11.7. The summed E-state index contributed by atoms with van der Waals surface area (Å²) < 4.78 is 6.14. The molecule has 92 valence electrons. The summed E-state index contributed by atoms with van der Waals surface area (Å²) in [6, 6.07) is 6.07. The zero-order chi connectivity index (χ0) is 12.5. The summed E-state index contributed by atoms with van der Waals surface area (Å²) in [5, 5.41) is 0. The van der Waals surface area contributed by atoms with Gasteiger partial charge in [0.25, 0.3) is 5.56 Å². The Morgan fingerprint density at radius 2 is 2.11 bits per heavy atom. The fraction of sp³-hybridized carbons (Fsp3) is 0.231. The van der Waals surface area contributed by atoms with Crippen molar-refractivity contribution in [3.8, 4) is 11.6 Å². The Hall–Kier alpha value is -1.37. The number of fused-ring (bicyclic) bond motifs is 1. The molecular formula is C13H11IN2O2. The summed E-state index contributed by atoms with van der Waals surface area (Å²) in [7, 11) is 0. The van der Waals surface area contributed by atoms with Gasteiger partial charge < -0.3 is 9.72 Å². The van der Waals surface area contributed by atoms with Gasteiger partial charge in [0.05, 0.1) is 6.33 Å². The largest absolute Gasteiger partial charge is 0.438 e. The molecule has 2 aromatic rings. The Balaban J connectivity index is 1.93. The van der Waals surface area contributed by atoms with Crippen LogP contribution in [0.15, 0.2) is 29.3 Å². The zero-order valence-corrected chi connectivity index (χ0v) is 11.7. The number of nitrogens with one attached hydrogen (secondary N) is 1. The number of H-pyrrole nitrogens is 1. The number of hydrogen-bond donors (Lipinski definition) is 1. The quantitative estimate of drug-likeness (QED) is 0.844. The summed E-state index contributed by atoms with van der Waals surface area (Å²) in [5.74, 6) is 1.10. The van der Waals surface area contributed by atoms with Crippen LogP contribution in [0.1, 0.15) is 17.5 Å².